The number of carboxylic acids is 1. The predicted octanol–water partition coefficient (Wildman–Crippen LogP) is 1.02. The molecule has 0 spiro atoms. The molecule has 0 saturated carbocycles. The first-order chi connectivity index (χ1) is 5.77. The van der Waals surface area contributed by atoms with Crippen LogP contribution in [0.2, 0.25) is 0 Å². The van der Waals surface area contributed by atoms with E-state index in [9.17, 15) is 4.79 Å². The Morgan fingerprint density at radius 1 is 1.17 bits per heavy atom. The number of carboxylic acid groups (broad SMARTS) is 1. The second-order valence-electron chi connectivity index (χ2n) is 2.43. The highest BCUT2D eigenvalue weighted by Gasteiger charge is 1.93. The van der Waals surface area contributed by atoms with Crippen LogP contribution >= 0.6 is 0 Å². The lowest BCUT2D eigenvalue weighted by atomic mass is 10.2. The standard InChI is InChI=1S/C9H14O3/c10-8-6-4-2-1-3-5-7-9(11)12/h10H,1,3,5-8H2,(H,11,12). The Labute approximate surface area is 72.4 Å². The number of carbonyl (C=O) groups is 1. The number of aliphatic hydroxyl groups excluding tert-OH is 1. The van der Waals surface area contributed by atoms with Gasteiger partial charge in [0.05, 0.1) is 6.61 Å². The molecular weight excluding hydrogens is 156 g/mol. The molecule has 0 aromatic heterocycles. The van der Waals surface area contributed by atoms with Gasteiger partial charge in [0.25, 0.3) is 0 Å². The van der Waals surface area contributed by atoms with E-state index in [2.05, 4.69) is 11.8 Å². The van der Waals surface area contributed by atoms with E-state index in [1.165, 1.54) is 0 Å². The van der Waals surface area contributed by atoms with E-state index >= 15 is 0 Å². The summed E-state index contributed by atoms with van der Waals surface area (Å²) in [6.07, 6.45) is 2.97. The van der Waals surface area contributed by atoms with E-state index in [1.807, 2.05) is 0 Å². The Morgan fingerprint density at radius 3 is 2.42 bits per heavy atom. The summed E-state index contributed by atoms with van der Waals surface area (Å²) in [6, 6.07) is 0. The SMILES string of the molecule is O=C(O)CCCCC#CCCO. The van der Waals surface area contributed by atoms with Crippen LogP contribution in [0.15, 0.2) is 0 Å². The van der Waals surface area contributed by atoms with E-state index in [0.717, 1.165) is 12.8 Å². The van der Waals surface area contributed by atoms with Gasteiger partial charge in [-0.25, -0.2) is 0 Å². The number of unbranched alkanes of at least 4 members (excludes halogenated alkanes) is 2. The highest BCUT2D eigenvalue weighted by Crippen LogP contribution is 1.98. The molecule has 0 bridgehead atoms. The number of aliphatic carboxylic acids is 1. The number of rotatable bonds is 5. The summed E-state index contributed by atoms with van der Waals surface area (Å²) in [6.45, 7) is 0.0993. The average molecular weight is 170 g/mol. The average Bonchev–Trinajstić information content (AvgIpc) is 2.02. The van der Waals surface area contributed by atoms with Gasteiger partial charge in [0.15, 0.2) is 0 Å². The molecule has 0 aromatic carbocycles. The van der Waals surface area contributed by atoms with Gasteiger partial charge in [-0.15, -0.1) is 11.8 Å². The third-order valence-electron chi connectivity index (χ3n) is 1.30. The molecule has 0 aromatic rings. The normalized spacial score (nSPS) is 8.75. The topological polar surface area (TPSA) is 57.5 Å². The highest BCUT2D eigenvalue weighted by atomic mass is 16.4. The van der Waals surface area contributed by atoms with Crippen molar-refractivity contribution in [1.29, 1.82) is 0 Å². The van der Waals surface area contributed by atoms with Crippen molar-refractivity contribution in [3.8, 4) is 11.8 Å². The lowest BCUT2D eigenvalue weighted by molar-refractivity contribution is -0.137. The summed E-state index contributed by atoms with van der Waals surface area (Å²) in [4.78, 5) is 10.1. The van der Waals surface area contributed by atoms with E-state index in [0.29, 0.717) is 12.8 Å². The summed E-state index contributed by atoms with van der Waals surface area (Å²) < 4.78 is 0. The zero-order valence-corrected chi connectivity index (χ0v) is 7.05. The Hall–Kier alpha value is -1.01. The Kier molecular flexibility index (Phi) is 7.41. The molecule has 0 unspecified atom stereocenters. The quantitative estimate of drug-likeness (QED) is 0.478. The largest absolute Gasteiger partial charge is 0.481 e. The van der Waals surface area contributed by atoms with Crippen LogP contribution in [-0.4, -0.2) is 22.8 Å². The fourth-order valence-electron chi connectivity index (χ4n) is 0.722. The molecule has 0 heterocycles. The van der Waals surface area contributed by atoms with Crippen LogP contribution in [-0.2, 0) is 4.79 Å². The predicted molar refractivity (Wildman–Crippen MR) is 45.6 cm³/mol. The van der Waals surface area contributed by atoms with E-state index in [1.54, 1.807) is 0 Å². The van der Waals surface area contributed by atoms with Gasteiger partial charge in [-0.1, -0.05) is 0 Å². The minimum Gasteiger partial charge on any atom is -0.481 e. The van der Waals surface area contributed by atoms with Crippen molar-refractivity contribution in [3.05, 3.63) is 0 Å². The molecule has 68 valence electrons. The first-order valence-corrected chi connectivity index (χ1v) is 4.05. The van der Waals surface area contributed by atoms with Crippen molar-refractivity contribution < 1.29 is 15.0 Å². The molecule has 0 aliphatic carbocycles. The van der Waals surface area contributed by atoms with Crippen LogP contribution < -0.4 is 0 Å². The number of aliphatic hydroxyl groups is 1. The smallest absolute Gasteiger partial charge is 0.303 e. The molecule has 0 fully saturated rings. The maximum Gasteiger partial charge on any atom is 0.303 e. The fourth-order valence-corrected chi connectivity index (χ4v) is 0.722. The molecule has 3 heteroatoms. The van der Waals surface area contributed by atoms with E-state index < -0.39 is 5.97 Å². The van der Waals surface area contributed by atoms with Crippen molar-refractivity contribution in [1.82, 2.24) is 0 Å². The van der Waals surface area contributed by atoms with Gasteiger partial charge in [-0.05, 0) is 12.8 Å². The molecular formula is C9H14O3. The van der Waals surface area contributed by atoms with E-state index in [4.69, 9.17) is 10.2 Å². The number of hydrogen-bond acceptors (Lipinski definition) is 2. The van der Waals surface area contributed by atoms with Crippen molar-refractivity contribution >= 4 is 5.97 Å². The third kappa shape index (κ3) is 8.99. The van der Waals surface area contributed by atoms with Crippen LogP contribution in [0, 0.1) is 11.8 Å². The Balaban J connectivity index is 3.11. The molecule has 0 radical (unpaired) electrons. The van der Waals surface area contributed by atoms with Crippen molar-refractivity contribution in [2.45, 2.75) is 32.1 Å². The van der Waals surface area contributed by atoms with Gasteiger partial charge < -0.3 is 10.2 Å². The van der Waals surface area contributed by atoms with Crippen LogP contribution in [0.5, 0.6) is 0 Å². The Morgan fingerprint density at radius 2 is 1.83 bits per heavy atom. The summed E-state index contributed by atoms with van der Waals surface area (Å²) in [7, 11) is 0. The van der Waals surface area contributed by atoms with Crippen LogP contribution in [0.1, 0.15) is 32.1 Å². The second-order valence-corrected chi connectivity index (χ2v) is 2.43. The lowest BCUT2D eigenvalue weighted by Gasteiger charge is -1.90. The molecule has 2 N–H and O–H groups in total. The number of hydrogen-bond donors (Lipinski definition) is 2. The first-order valence-electron chi connectivity index (χ1n) is 4.05. The molecule has 3 nitrogen and oxygen atoms in total. The first kappa shape index (κ1) is 11.0. The van der Waals surface area contributed by atoms with Crippen molar-refractivity contribution in [2.24, 2.45) is 0 Å². The second kappa shape index (κ2) is 8.09. The molecule has 12 heavy (non-hydrogen) atoms. The highest BCUT2D eigenvalue weighted by molar-refractivity contribution is 5.66. The molecule has 0 atom stereocenters. The van der Waals surface area contributed by atoms with Gasteiger partial charge in [0, 0.05) is 19.3 Å². The van der Waals surface area contributed by atoms with Crippen LogP contribution in [0.3, 0.4) is 0 Å². The molecule has 0 rings (SSSR count). The minimum absolute atomic E-state index is 0.0993. The summed E-state index contributed by atoms with van der Waals surface area (Å²) in [5, 5.41) is 16.6. The monoisotopic (exact) mass is 170 g/mol. The van der Waals surface area contributed by atoms with Gasteiger partial charge in [-0.2, -0.15) is 0 Å². The van der Waals surface area contributed by atoms with Crippen molar-refractivity contribution in [2.75, 3.05) is 6.61 Å². The third-order valence-corrected chi connectivity index (χ3v) is 1.30. The van der Waals surface area contributed by atoms with Gasteiger partial charge in [-0.3, -0.25) is 4.79 Å². The molecule has 0 aliphatic rings. The minimum atomic E-state index is -0.752. The zero-order valence-electron chi connectivity index (χ0n) is 7.05. The summed E-state index contributed by atoms with van der Waals surface area (Å²) in [5.74, 6) is 4.88. The van der Waals surface area contributed by atoms with Crippen LogP contribution in [0.4, 0.5) is 0 Å². The van der Waals surface area contributed by atoms with E-state index in [-0.39, 0.29) is 13.0 Å². The van der Waals surface area contributed by atoms with Gasteiger partial charge in [0.1, 0.15) is 0 Å². The molecule has 0 saturated heterocycles. The molecule has 0 amide bonds. The summed E-state index contributed by atoms with van der Waals surface area (Å²) in [5.41, 5.74) is 0. The van der Waals surface area contributed by atoms with Gasteiger partial charge >= 0.3 is 5.97 Å². The zero-order chi connectivity index (χ0) is 9.23. The van der Waals surface area contributed by atoms with Crippen molar-refractivity contribution in [3.63, 3.8) is 0 Å². The maximum atomic E-state index is 10.1. The molecule has 0 aliphatic heterocycles. The lowest BCUT2D eigenvalue weighted by Crippen LogP contribution is -1.92. The maximum absolute atomic E-state index is 10.1. The summed E-state index contributed by atoms with van der Waals surface area (Å²) >= 11 is 0. The van der Waals surface area contributed by atoms with Crippen LogP contribution in [0.25, 0.3) is 0 Å². The van der Waals surface area contributed by atoms with Gasteiger partial charge in [0.2, 0.25) is 0 Å². The fraction of sp³-hybridized carbons (Fsp3) is 0.667. The Bertz CT molecular complexity index is 176.